The van der Waals surface area contributed by atoms with Crippen molar-refractivity contribution < 1.29 is 71.6 Å². The van der Waals surface area contributed by atoms with Gasteiger partial charge < -0.3 is 28.4 Å². The van der Waals surface area contributed by atoms with E-state index in [0.717, 1.165) is 29.5 Å². The number of carbonyl (C=O) groups excluding carboxylic acids is 9. The van der Waals surface area contributed by atoms with E-state index >= 15 is 0 Å². The average Bonchev–Trinajstić information content (AvgIpc) is 3.91. The smallest absolute Gasteiger partial charge is 0.346 e. The molecule has 6 aromatic rings. The van der Waals surface area contributed by atoms with E-state index in [0.29, 0.717) is 12.8 Å². The highest BCUT2D eigenvalue weighted by molar-refractivity contribution is 6.17. The van der Waals surface area contributed by atoms with Crippen molar-refractivity contribution >= 4 is 53.7 Å². The molecule has 1 unspecified atom stereocenters. The minimum Gasteiger partial charge on any atom is -0.423 e. The summed E-state index contributed by atoms with van der Waals surface area (Å²) in [6, 6.07) is 33.3. The van der Waals surface area contributed by atoms with Crippen molar-refractivity contribution in [2.75, 3.05) is 0 Å². The molecule has 0 saturated heterocycles. The largest absolute Gasteiger partial charge is 0.423 e. The van der Waals surface area contributed by atoms with E-state index in [4.69, 9.17) is 14.2 Å². The van der Waals surface area contributed by atoms with Crippen LogP contribution in [0.1, 0.15) is 142 Å². The Kier molecular flexibility index (Phi) is 10.0. The summed E-state index contributed by atoms with van der Waals surface area (Å²) in [6.45, 7) is 0. The van der Waals surface area contributed by atoms with Crippen LogP contribution in [0.4, 0.5) is 0 Å². The van der Waals surface area contributed by atoms with Gasteiger partial charge in [0.05, 0.1) is 50.1 Å². The monoisotopic (exact) mass is 882 g/mol. The predicted octanol–water partition coefficient (Wildman–Crippen LogP) is 7.92. The number of fused-ring (bicyclic) bond motifs is 3. The van der Waals surface area contributed by atoms with Crippen LogP contribution in [0, 0.1) is 0 Å². The number of esters is 9. The van der Waals surface area contributed by atoms with E-state index in [1.165, 1.54) is 54.6 Å². The van der Waals surface area contributed by atoms with E-state index in [-0.39, 0.29) is 73.2 Å². The van der Waals surface area contributed by atoms with Gasteiger partial charge in [-0.05, 0) is 133 Å². The van der Waals surface area contributed by atoms with Crippen LogP contribution in [-0.4, -0.2) is 53.7 Å². The van der Waals surface area contributed by atoms with Crippen LogP contribution in [0.25, 0.3) is 0 Å². The van der Waals surface area contributed by atoms with Gasteiger partial charge in [-0.3, -0.25) is 0 Å². The van der Waals surface area contributed by atoms with Gasteiger partial charge in [-0.25, -0.2) is 43.2 Å². The molecule has 66 heavy (non-hydrogen) atoms. The molecule has 0 aromatic heterocycles. The highest BCUT2D eigenvalue weighted by Gasteiger charge is 2.41. The zero-order valence-corrected chi connectivity index (χ0v) is 34.2. The Hall–Kier alpha value is -8.85. The molecule has 1 saturated carbocycles. The summed E-state index contributed by atoms with van der Waals surface area (Å²) in [5.74, 6) is -6.34. The van der Waals surface area contributed by atoms with Gasteiger partial charge in [0.25, 0.3) is 0 Å². The van der Waals surface area contributed by atoms with Crippen molar-refractivity contribution in [3.63, 3.8) is 0 Å². The second-order valence-electron chi connectivity index (χ2n) is 16.0. The van der Waals surface area contributed by atoms with Crippen LogP contribution in [0.15, 0.2) is 127 Å². The normalized spacial score (nSPS) is 16.6. The summed E-state index contributed by atoms with van der Waals surface area (Å²) >= 11 is 0. The summed E-state index contributed by atoms with van der Waals surface area (Å²) < 4.78 is 30.9. The fraction of sp³-hybridized carbons (Fsp3) is 0.118. The first kappa shape index (κ1) is 41.2. The van der Waals surface area contributed by atoms with Gasteiger partial charge >= 0.3 is 53.7 Å². The molecule has 3 heterocycles. The number of hydrogen-bond acceptors (Lipinski definition) is 15. The van der Waals surface area contributed by atoms with Crippen molar-refractivity contribution in [2.24, 2.45) is 0 Å². The molecular weight excluding hydrogens is 853 g/mol. The number of ether oxygens (including phenoxy) is 6. The van der Waals surface area contributed by atoms with Gasteiger partial charge in [0.1, 0.15) is 17.2 Å². The highest BCUT2D eigenvalue weighted by atomic mass is 16.6. The third-order valence-electron chi connectivity index (χ3n) is 12.2. The van der Waals surface area contributed by atoms with E-state index in [1.807, 2.05) is 36.4 Å². The van der Waals surface area contributed by atoms with Crippen LogP contribution < -0.4 is 14.2 Å². The molecule has 0 spiro atoms. The number of rotatable bonds is 9. The maximum absolute atomic E-state index is 13.2. The lowest BCUT2D eigenvalue weighted by Gasteiger charge is -2.42. The molecule has 15 nitrogen and oxygen atoms in total. The number of carbonyl (C=O) groups is 9. The molecule has 0 N–H and O–H groups in total. The second kappa shape index (κ2) is 16.1. The van der Waals surface area contributed by atoms with Crippen LogP contribution in [0.3, 0.4) is 0 Å². The second-order valence-corrected chi connectivity index (χ2v) is 16.0. The first-order valence-electron chi connectivity index (χ1n) is 20.5. The van der Waals surface area contributed by atoms with Gasteiger partial charge in [0.15, 0.2) is 0 Å². The molecule has 0 radical (unpaired) electrons. The molecule has 0 amide bonds. The van der Waals surface area contributed by atoms with Gasteiger partial charge in [0.2, 0.25) is 0 Å². The molecule has 1 aliphatic carbocycles. The lowest BCUT2D eigenvalue weighted by Crippen LogP contribution is -2.33. The molecule has 10 rings (SSSR count). The van der Waals surface area contributed by atoms with Gasteiger partial charge in [-0.15, -0.1) is 0 Å². The minimum atomic E-state index is -0.844. The Morgan fingerprint density at radius 1 is 0.424 bits per heavy atom. The van der Waals surface area contributed by atoms with Gasteiger partial charge in [-0.1, -0.05) is 42.8 Å². The summed E-state index contributed by atoms with van der Waals surface area (Å²) in [5.41, 5.74) is 2.51. The SMILES string of the molecule is O=C(Oc1ccc(C2CCCC(c3ccc(OC(=O)c4ccc5c(c4)C(=O)OC5=O)cc3)(c3ccc(OC(=O)c4ccc5c(c4)C(=O)OC5=O)cc3)C2)cc1)c1ccc2c(c1)C(=O)OC2=O. The third kappa shape index (κ3) is 7.37. The minimum absolute atomic E-state index is 0.00915. The fourth-order valence-corrected chi connectivity index (χ4v) is 8.88. The number of hydrogen-bond donors (Lipinski definition) is 0. The number of benzene rings is 6. The van der Waals surface area contributed by atoms with Crippen LogP contribution >= 0.6 is 0 Å². The summed E-state index contributed by atoms with van der Waals surface area (Å²) in [4.78, 5) is 111. The van der Waals surface area contributed by atoms with E-state index < -0.39 is 59.1 Å². The summed E-state index contributed by atoms with van der Waals surface area (Å²) in [7, 11) is 0. The molecule has 4 aliphatic rings. The zero-order valence-electron chi connectivity index (χ0n) is 34.2. The van der Waals surface area contributed by atoms with Crippen molar-refractivity contribution in [2.45, 2.75) is 37.0 Å². The van der Waals surface area contributed by atoms with E-state index in [1.54, 1.807) is 36.4 Å². The molecule has 1 fully saturated rings. The molecular formula is C51H30O15. The maximum Gasteiger partial charge on any atom is 0.346 e. The van der Waals surface area contributed by atoms with Gasteiger partial charge in [0, 0.05) is 5.41 Å². The van der Waals surface area contributed by atoms with Gasteiger partial charge in [-0.2, -0.15) is 0 Å². The topological polar surface area (TPSA) is 209 Å². The zero-order chi connectivity index (χ0) is 45.9. The number of cyclic esters (lactones) is 6. The molecule has 324 valence electrons. The Balaban J connectivity index is 0.903. The molecule has 15 heteroatoms. The molecule has 0 bridgehead atoms. The molecule has 1 atom stereocenters. The van der Waals surface area contributed by atoms with Crippen LogP contribution in [-0.2, 0) is 19.6 Å². The summed E-state index contributed by atoms with van der Waals surface area (Å²) in [5, 5.41) is 0. The van der Waals surface area contributed by atoms with E-state index in [2.05, 4.69) is 14.2 Å². The quantitative estimate of drug-likeness (QED) is 0.0585. The first-order valence-corrected chi connectivity index (χ1v) is 20.5. The van der Waals surface area contributed by atoms with Crippen LogP contribution in [0.5, 0.6) is 17.2 Å². The standard InChI is InChI=1S/C51H30O15/c52-42(27-5-18-36-39(22-27)48(58)64-45(36)55)61-33-12-3-26(4-13-33)30-2-1-21-51(25-30,31-8-14-34(15-9-31)62-43(53)28-6-19-37-40(23-28)49(59)65-46(37)56)32-10-16-35(17-11-32)63-44(54)29-7-20-38-41(24-29)50(60)66-47(38)57/h3-20,22-24,30H,1-2,21,25H2. The first-order chi connectivity index (χ1) is 31.8. The van der Waals surface area contributed by atoms with Crippen molar-refractivity contribution in [1.29, 1.82) is 0 Å². The Morgan fingerprint density at radius 2 is 0.758 bits per heavy atom. The summed E-state index contributed by atoms with van der Waals surface area (Å²) in [6.07, 6.45) is 2.95. The maximum atomic E-state index is 13.2. The predicted molar refractivity (Wildman–Crippen MR) is 225 cm³/mol. The average molecular weight is 883 g/mol. The van der Waals surface area contributed by atoms with Crippen molar-refractivity contribution in [3.8, 4) is 17.2 Å². The third-order valence-corrected chi connectivity index (χ3v) is 12.2. The highest BCUT2D eigenvalue weighted by Crippen LogP contribution is 2.50. The van der Waals surface area contributed by atoms with Crippen molar-refractivity contribution in [1.82, 2.24) is 0 Å². The lowest BCUT2D eigenvalue weighted by atomic mass is 9.61. The molecule has 6 aromatic carbocycles. The van der Waals surface area contributed by atoms with E-state index in [9.17, 15) is 43.2 Å². The fourth-order valence-electron chi connectivity index (χ4n) is 8.88. The Morgan fingerprint density at radius 3 is 1.12 bits per heavy atom. The Bertz CT molecular complexity index is 3010. The molecule has 3 aliphatic heterocycles. The van der Waals surface area contributed by atoms with Crippen molar-refractivity contribution in [3.05, 3.63) is 194 Å². The Labute approximate surface area is 372 Å². The lowest BCUT2D eigenvalue weighted by molar-refractivity contribution is 0.0425. The van der Waals surface area contributed by atoms with Crippen LogP contribution in [0.2, 0.25) is 0 Å².